The molecule has 20 heavy (non-hydrogen) atoms. The lowest BCUT2D eigenvalue weighted by Crippen LogP contribution is -2.39. The molecule has 0 atom stereocenters. The molecule has 0 saturated carbocycles. The van der Waals surface area contributed by atoms with Crippen LogP contribution in [0.4, 0.5) is 4.39 Å². The molecule has 3 nitrogen and oxygen atoms in total. The molecule has 2 rings (SSSR count). The predicted molar refractivity (Wildman–Crippen MR) is 79.0 cm³/mol. The average molecular weight is 301 g/mol. The number of rotatable bonds is 4. The van der Waals surface area contributed by atoms with Gasteiger partial charge in [0.15, 0.2) is 0 Å². The van der Waals surface area contributed by atoms with E-state index in [0.29, 0.717) is 23.7 Å². The van der Waals surface area contributed by atoms with Gasteiger partial charge in [-0.3, -0.25) is 4.90 Å². The van der Waals surface area contributed by atoms with Crippen LogP contribution in [-0.2, 0) is 6.54 Å². The Morgan fingerprint density at radius 1 is 1.45 bits per heavy atom. The van der Waals surface area contributed by atoms with E-state index in [1.165, 1.54) is 0 Å². The van der Waals surface area contributed by atoms with Crippen molar-refractivity contribution in [3.63, 3.8) is 0 Å². The molecule has 0 aliphatic carbocycles. The minimum absolute atomic E-state index is 0.0511. The molecule has 0 bridgehead atoms. The summed E-state index contributed by atoms with van der Waals surface area (Å²) in [6, 6.07) is 1.88. The molecule has 1 fully saturated rings. The zero-order valence-electron chi connectivity index (χ0n) is 12.3. The maximum absolute atomic E-state index is 13.7. The maximum atomic E-state index is 13.7. The molecular weight excluding hydrogens is 279 g/mol. The second kappa shape index (κ2) is 6.27. The minimum Gasteiger partial charge on any atom is -0.474 e. The number of hydrogen-bond donors (Lipinski definition) is 0. The molecule has 1 aromatic rings. The van der Waals surface area contributed by atoms with Gasteiger partial charge >= 0.3 is 0 Å². The quantitative estimate of drug-likeness (QED) is 0.844. The van der Waals surface area contributed by atoms with Crippen LogP contribution in [0.5, 0.6) is 5.88 Å². The Balaban J connectivity index is 1.95. The van der Waals surface area contributed by atoms with Crippen LogP contribution >= 0.6 is 11.6 Å². The van der Waals surface area contributed by atoms with Gasteiger partial charge in [-0.2, -0.15) is 0 Å². The third-order valence-electron chi connectivity index (χ3n) is 3.52. The smallest absolute Gasteiger partial charge is 0.232 e. The first-order valence-electron chi connectivity index (χ1n) is 7.08. The van der Waals surface area contributed by atoms with Crippen molar-refractivity contribution in [2.75, 3.05) is 13.1 Å². The molecule has 1 aliphatic rings. The van der Waals surface area contributed by atoms with Crippen LogP contribution < -0.4 is 4.74 Å². The van der Waals surface area contributed by atoms with E-state index in [1.807, 2.05) is 19.9 Å². The maximum Gasteiger partial charge on any atom is 0.232 e. The summed E-state index contributed by atoms with van der Waals surface area (Å²) < 4.78 is 19.3. The summed E-state index contributed by atoms with van der Waals surface area (Å²) in [6.07, 6.45) is 3.01. The number of likely N-dealkylation sites (tertiary alicyclic amines) is 1. The number of hydrogen-bond acceptors (Lipinski definition) is 3. The molecular formula is C15H22ClFN2O. The largest absolute Gasteiger partial charge is 0.474 e. The third kappa shape index (κ3) is 4.32. The fourth-order valence-electron chi connectivity index (χ4n) is 2.30. The highest BCUT2D eigenvalue weighted by Gasteiger charge is 2.29. The minimum atomic E-state index is -1.01. The van der Waals surface area contributed by atoms with Gasteiger partial charge in [0, 0.05) is 25.8 Å². The van der Waals surface area contributed by atoms with E-state index >= 15 is 0 Å². The summed E-state index contributed by atoms with van der Waals surface area (Å²) in [6.45, 7) is 7.86. The highest BCUT2D eigenvalue weighted by molar-refractivity contribution is 6.31. The van der Waals surface area contributed by atoms with Crippen molar-refractivity contribution in [3.8, 4) is 5.88 Å². The predicted octanol–water partition coefficient (Wildman–Crippen LogP) is 3.85. The Kier molecular flexibility index (Phi) is 4.86. The Bertz CT molecular complexity index is 455. The molecule has 0 aromatic carbocycles. The molecule has 0 radical (unpaired) electrons. The molecule has 0 unspecified atom stereocenters. The van der Waals surface area contributed by atoms with Crippen LogP contribution in [0, 0.1) is 0 Å². The van der Waals surface area contributed by atoms with Crippen molar-refractivity contribution in [1.29, 1.82) is 0 Å². The van der Waals surface area contributed by atoms with Crippen molar-refractivity contribution in [2.24, 2.45) is 0 Å². The third-order valence-corrected chi connectivity index (χ3v) is 3.79. The van der Waals surface area contributed by atoms with Crippen molar-refractivity contribution in [2.45, 2.75) is 51.9 Å². The van der Waals surface area contributed by atoms with E-state index in [0.717, 1.165) is 25.2 Å². The Hall–Kier alpha value is -0.870. The second-order valence-electron chi connectivity index (χ2n) is 5.99. The van der Waals surface area contributed by atoms with Crippen molar-refractivity contribution < 1.29 is 9.13 Å². The molecule has 1 aromatic heterocycles. The zero-order chi connectivity index (χ0) is 14.8. The molecule has 1 saturated heterocycles. The van der Waals surface area contributed by atoms with Crippen LogP contribution in [0.25, 0.3) is 0 Å². The van der Waals surface area contributed by atoms with Gasteiger partial charge in [0.05, 0.1) is 6.10 Å². The molecule has 1 aliphatic heterocycles. The molecule has 0 amide bonds. The van der Waals surface area contributed by atoms with Crippen LogP contribution in [-0.4, -0.2) is 34.7 Å². The fraction of sp³-hybridized carbons (Fsp3) is 0.667. The highest BCUT2D eigenvalue weighted by atomic mass is 35.5. The van der Waals surface area contributed by atoms with Crippen molar-refractivity contribution >= 4 is 11.6 Å². The Morgan fingerprint density at radius 2 is 2.10 bits per heavy atom. The van der Waals surface area contributed by atoms with Gasteiger partial charge in [0.1, 0.15) is 10.7 Å². The van der Waals surface area contributed by atoms with Gasteiger partial charge in [-0.25, -0.2) is 9.37 Å². The first-order valence-corrected chi connectivity index (χ1v) is 7.46. The van der Waals surface area contributed by atoms with E-state index in [2.05, 4.69) is 9.88 Å². The van der Waals surface area contributed by atoms with Gasteiger partial charge in [-0.05, 0) is 45.2 Å². The fourth-order valence-corrected chi connectivity index (χ4v) is 2.53. The topological polar surface area (TPSA) is 25.4 Å². The molecule has 0 spiro atoms. The van der Waals surface area contributed by atoms with Gasteiger partial charge in [-0.15, -0.1) is 0 Å². The average Bonchev–Trinajstić information content (AvgIpc) is 2.35. The zero-order valence-corrected chi connectivity index (χ0v) is 13.1. The number of nitrogens with zero attached hydrogens (tertiary/aromatic N) is 2. The number of piperidine rings is 1. The summed E-state index contributed by atoms with van der Waals surface area (Å²) in [5.74, 6) is 0.473. The van der Waals surface area contributed by atoms with Crippen LogP contribution in [0.3, 0.4) is 0 Å². The summed E-state index contributed by atoms with van der Waals surface area (Å²) >= 11 is 6.17. The van der Waals surface area contributed by atoms with E-state index in [-0.39, 0.29) is 6.10 Å². The summed E-state index contributed by atoms with van der Waals surface area (Å²) in [5.41, 5.74) is 0.0232. The number of ether oxygens (including phenoxy) is 1. The van der Waals surface area contributed by atoms with E-state index in [9.17, 15) is 4.39 Å². The van der Waals surface area contributed by atoms with Crippen LogP contribution in [0.15, 0.2) is 12.3 Å². The molecule has 5 heteroatoms. The van der Waals surface area contributed by atoms with Gasteiger partial charge < -0.3 is 4.74 Å². The van der Waals surface area contributed by atoms with Gasteiger partial charge in [-0.1, -0.05) is 11.6 Å². The summed E-state index contributed by atoms with van der Waals surface area (Å²) in [4.78, 5) is 6.49. The number of pyridine rings is 1. The monoisotopic (exact) mass is 300 g/mol. The van der Waals surface area contributed by atoms with E-state index in [4.69, 9.17) is 16.3 Å². The Morgan fingerprint density at radius 3 is 2.65 bits per heavy atom. The standard InChI is InChI=1S/C15H22ClFN2O/c1-11(2)20-14-13(16)8-12(9-18-14)10-19-6-4-15(3,17)5-7-19/h8-9,11H,4-7,10H2,1-3H3. The first-order chi connectivity index (χ1) is 9.35. The van der Waals surface area contributed by atoms with Crippen molar-refractivity contribution in [1.82, 2.24) is 9.88 Å². The lowest BCUT2D eigenvalue weighted by Gasteiger charge is -2.34. The van der Waals surface area contributed by atoms with Crippen LogP contribution in [0.2, 0.25) is 5.02 Å². The molecule has 0 N–H and O–H groups in total. The lowest BCUT2D eigenvalue weighted by molar-refractivity contribution is 0.0704. The normalized spacial score (nSPS) is 19.3. The highest BCUT2D eigenvalue weighted by Crippen LogP contribution is 2.28. The number of aromatic nitrogens is 1. The van der Waals surface area contributed by atoms with E-state index in [1.54, 1.807) is 13.1 Å². The summed E-state index contributed by atoms with van der Waals surface area (Å²) in [5, 5.41) is 0.531. The first kappa shape index (κ1) is 15.5. The lowest BCUT2D eigenvalue weighted by atomic mass is 9.95. The van der Waals surface area contributed by atoms with Crippen molar-refractivity contribution in [3.05, 3.63) is 22.8 Å². The Labute approximate surface area is 125 Å². The molecule has 112 valence electrons. The van der Waals surface area contributed by atoms with Gasteiger partial charge in [0.2, 0.25) is 5.88 Å². The molecule has 2 heterocycles. The van der Waals surface area contributed by atoms with E-state index < -0.39 is 5.67 Å². The van der Waals surface area contributed by atoms with Gasteiger partial charge in [0.25, 0.3) is 0 Å². The van der Waals surface area contributed by atoms with Crippen LogP contribution in [0.1, 0.15) is 39.2 Å². The number of alkyl halides is 1. The summed E-state index contributed by atoms with van der Waals surface area (Å²) in [7, 11) is 0. The number of halogens is 2. The second-order valence-corrected chi connectivity index (χ2v) is 6.39. The SMILES string of the molecule is CC(C)Oc1ncc(CN2CCC(C)(F)CC2)cc1Cl.